The SMILES string of the molecule is CC(=O)NC1(NC=O)CCc2ccccc21. The van der Waals surface area contributed by atoms with E-state index in [0.29, 0.717) is 12.8 Å². The molecule has 0 spiro atoms. The Balaban J connectivity index is 2.42. The number of carbonyl (C=O) groups excluding carboxylic acids is 2. The zero-order valence-electron chi connectivity index (χ0n) is 9.12. The van der Waals surface area contributed by atoms with E-state index in [-0.39, 0.29) is 5.91 Å². The van der Waals surface area contributed by atoms with Crippen LogP contribution in [0.5, 0.6) is 0 Å². The van der Waals surface area contributed by atoms with E-state index >= 15 is 0 Å². The van der Waals surface area contributed by atoms with E-state index in [1.165, 1.54) is 12.5 Å². The summed E-state index contributed by atoms with van der Waals surface area (Å²) in [6.45, 7) is 1.45. The first-order chi connectivity index (χ1) is 7.68. The molecule has 4 heteroatoms. The van der Waals surface area contributed by atoms with Crippen molar-refractivity contribution < 1.29 is 9.59 Å². The Morgan fingerprint density at radius 1 is 1.44 bits per heavy atom. The number of amides is 2. The lowest BCUT2D eigenvalue weighted by molar-refractivity contribution is -0.122. The van der Waals surface area contributed by atoms with Gasteiger partial charge >= 0.3 is 0 Å². The van der Waals surface area contributed by atoms with Crippen LogP contribution in [-0.2, 0) is 21.7 Å². The molecule has 2 rings (SSSR count). The first kappa shape index (κ1) is 10.7. The lowest BCUT2D eigenvalue weighted by Crippen LogP contribution is -2.53. The summed E-state index contributed by atoms with van der Waals surface area (Å²) in [5, 5.41) is 5.56. The van der Waals surface area contributed by atoms with Crippen LogP contribution in [0.2, 0.25) is 0 Å². The second-order valence-corrected chi connectivity index (χ2v) is 4.01. The van der Waals surface area contributed by atoms with Crippen molar-refractivity contribution in [1.29, 1.82) is 0 Å². The van der Waals surface area contributed by atoms with Crippen molar-refractivity contribution in [2.24, 2.45) is 0 Å². The third kappa shape index (κ3) is 1.66. The molecule has 1 atom stereocenters. The van der Waals surface area contributed by atoms with Gasteiger partial charge in [0, 0.05) is 12.5 Å². The van der Waals surface area contributed by atoms with Crippen LogP contribution < -0.4 is 10.6 Å². The molecule has 0 bridgehead atoms. The van der Waals surface area contributed by atoms with Gasteiger partial charge < -0.3 is 10.6 Å². The van der Waals surface area contributed by atoms with Crippen molar-refractivity contribution in [3.05, 3.63) is 35.4 Å². The third-order valence-electron chi connectivity index (χ3n) is 2.94. The smallest absolute Gasteiger partial charge is 0.218 e. The molecule has 0 saturated carbocycles. The predicted molar refractivity (Wildman–Crippen MR) is 59.5 cm³/mol. The fourth-order valence-corrected chi connectivity index (χ4v) is 2.33. The van der Waals surface area contributed by atoms with Crippen molar-refractivity contribution in [2.45, 2.75) is 25.4 Å². The Morgan fingerprint density at radius 2 is 2.19 bits per heavy atom. The minimum atomic E-state index is -0.718. The zero-order chi connectivity index (χ0) is 11.6. The summed E-state index contributed by atoms with van der Waals surface area (Å²) in [6.07, 6.45) is 2.19. The maximum absolute atomic E-state index is 11.2. The summed E-state index contributed by atoms with van der Waals surface area (Å²) in [6, 6.07) is 7.83. The highest BCUT2D eigenvalue weighted by Gasteiger charge is 2.38. The number of nitrogens with one attached hydrogen (secondary N) is 2. The number of benzene rings is 1. The van der Waals surface area contributed by atoms with Gasteiger partial charge in [-0.2, -0.15) is 0 Å². The van der Waals surface area contributed by atoms with Gasteiger partial charge in [-0.05, 0) is 18.4 Å². The highest BCUT2D eigenvalue weighted by molar-refractivity contribution is 5.75. The molecule has 1 aromatic rings. The molecule has 2 amide bonds. The average molecular weight is 218 g/mol. The van der Waals surface area contributed by atoms with Gasteiger partial charge in [-0.3, -0.25) is 9.59 Å². The molecular weight excluding hydrogens is 204 g/mol. The topological polar surface area (TPSA) is 58.2 Å². The minimum absolute atomic E-state index is 0.147. The van der Waals surface area contributed by atoms with Gasteiger partial charge in [0.05, 0.1) is 0 Å². The van der Waals surface area contributed by atoms with E-state index in [1.807, 2.05) is 24.3 Å². The molecule has 2 N–H and O–H groups in total. The standard InChI is InChI=1S/C12H14N2O2/c1-9(16)14-12(13-8-15)7-6-10-4-2-3-5-11(10)12/h2-5,8H,6-7H2,1H3,(H,13,15)(H,14,16). The van der Waals surface area contributed by atoms with Crippen LogP contribution in [-0.4, -0.2) is 12.3 Å². The summed E-state index contributed by atoms with van der Waals surface area (Å²) in [4.78, 5) is 21.9. The molecule has 16 heavy (non-hydrogen) atoms. The van der Waals surface area contributed by atoms with E-state index in [4.69, 9.17) is 0 Å². The first-order valence-corrected chi connectivity index (χ1v) is 5.26. The van der Waals surface area contributed by atoms with Crippen LogP contribution >= 0.6 is 0 Å². The third-order valence-corrected chi connectivity index (χ3v) is 2.94. The molecular formula is C12H14N2O2. The van der Waals surface area contributed by atoms with Crippen molar-refractivity contribution >= 4 is 12.3 Å². The Labute approximate surface area is 94.0 Å². The van der Waals surface area contributed by atoms with Gasteiger partial charge in [-0.1, -0.05) is 24.3 Å². The van der Waals surface area contributed by atoms with Crippen molar-refractivity contribution in [2.75, 3.05) is 0 Å². The van der Waals surface area contributed by atoms with E-state index in [1.54, 1.807) is 0 Å². The van der Waals surface area contributed by atoms with Crippen LogP contribution in [0.25, 0.3) is 0 Å². The number of hydrogen-bond donors (Lipinski definition) is 2. The average Bonchev–Trinajstić information content (AvgIpc) is 2.58. The van der Waals surface area contributed by atoms with E-state index in [2.05, 4.69) is 10.6 Å². The lowest BCUT2D eigenvalue weighted by Gasteiger charge is -2.30. The van der Waals surface area contributed by atoms with Crippen LogP contribution in [0.4, 0.5) is 0 Å². The molecule has 0 aliphatic heterocycles. The molecule has 4 nitrogen and oxygen atoms in total. The minimum Gasteiger partial charge on any atom is -0.332 e. The number of hydrogen-bond acceptors (Lipinski definition) is 2. The Hall–Kier alpha value is -1.84. The van der Waals surface area contributed by atoms with Gasteiger partial charge in [0.2, 0.25) is 12.3 Å². The maximum atomic E-state index is 11.2. The Morgan fingerprint density at radius 3 is 2.88 bits per heavy atom. The Bertz CT molecular complexity index is 431. The van der Waals surface area contributed by atoms with Gasteiger partial charge in [-0.15, -0.1) is 0 Å². The fourth-order valence-electron chi connectivity index (χ4n) is 2.33. The number of aryl methyl sites for hydroxylation is 1. The van der Waals surface area contributed by atoms with Crippen LogP contribution in [0.1, 0.15) is 24.5 Å². The molecule has 0 saturated heterocycles. The molecule has 1 aromatic carbocycles. The highest BCUT2D eigenvalue weighted by Crippen LogP contribution is 2.34. The number of carbonyl (C=O) groups is 2. The zero-order valence-corrected chi connectivity index (χ0v) is 9.12. The van der Waals surface area contributed by atoms with Crippen LogP contribution in [0.3, 0.4) is 0 Å². The molecule has 0 radical (unpaired) electrons. The van der Waals surface area contributed by atoms with E-state index < -0.39 is 5.66 Å². The lowest BCUT2D eigenvalue weighted by atomic mass is 10.0. The second-order valence-electron chi connectivity index (χ2n) is 4.01. The summed E-state index contributed by atoms with van der Waals surface area (Å²) in [7, 11) is 0. The molecule has 0 aromatic heterocycles. The van der Waals surface area contributed by atoms with Crippen LogP contribution in [0, 0.1) is 0 Å². The summed E-state index contributed by atoms with van der Waals surface area (Å²) < 4.78 is 0. The summed E-state index contributed by atoms with van der Waals surface area (Å²) in [5.74, 6) is -0.147. The molecule has 0 heterocycles. The molecule has 1 aliphatic carbocycles. The second kappa shape index (κ2) is 3.96. The monoisotopic (exact) mass is 218 g/mol. The van der Waals surface area contributed by atoms with Gasteiger partial charge in [-0.25, -0.2) is 0 Å². The van der Waals surface area contributed by atoms with Gasteiger partial charge in [0.25, 0.3) is 0 Å². The van der Waals surface area contributed by atoms with Crippen molar-refractivity contribution in [3.8, 4) is 0 Å². The van der Waals surface area contributed by atoms with Gasteiger partial charge in [0.1, 0.15) is 5.66 Å². The predicted octanol–water partition coefficient (Wildman–Crippen LogP) is 0.668. The molecule has 84 valence electrons. The Kier molecular flexibility index (Phi) is 2.64. The van der Waals surface area contributed by atoms with Gasteiger partial charge in [0.15, 0.2) is 0 Å². The highest BCUT2D eigenvalue weighted by atomic mass is 16.2. The van der Waals surface area contributed by atoms with Crippen molar-refractivity contribution in [3.63, 3.8) is 0 Å². The first-order valence-electron chi connectivity index (χ1n) is 5.26. The molecule has 1 unspecified atom stereocenters. The molecule has 1 aliphatic rings. The fraction of sp³-hybridized carbons (Fsp3) is 0.333. The summed E-state index contributed by atoms with van der Waals surface area (Å²) in [5.41, 5.74) is 1.44. The number of fused-ring (bicyclic) bond motifs is 1. The number of rotatable bonds is 3. The van der Waals surface area contributed by atoms with Crippen molar-refractivity contribution in [1.82, 2.24) is 10.6 Å². The van der Waals surface area contributed by atoms with Crippen LogP contribution in [0.15, 0.2) is 24.3 Å². The quantitative estimate of drug-likeness (QED) is 0.578. The van der Waals surface area contributed by atoms with E-state index in [0.717, 1.165) is 12.0 Å². The maximum Gasteiger partial charge on any atom is 0.218 e. The summed E-state index contributed by atoms with van der Waals surface area (Å²) >= 11 is 0. The normalized spacial score (nSPS) is 22.3. The largest absolute Gasteiger partial charge is 0.332 e. The van der Waals surface area contributed by atoms with E-state index in [9.17, 15) is 9.59 Å². The molecule has 0 fully saturated rings.